The molecule has 0 amide bonds. The van der Waals surface area contributed by atoms with Crippen LogP contribution in [0.5, 0.6) is 11.5 Å². The van der Waals surface area contributed by atoms with E-state index >= 15 is 0 Å². The van der Waals surface area contributed by atoms with Crippen LogP contribution in [-0.4, -0.2) is 7.11 Å². The summed E-state index contributed by atoms with van der Waals surface area (Å²) in [5.74, 6) is 1.85. The van der Waals surface area contributed by atoms with Gasteiger partial charge in [-0.3, -0.25) is 0 Å². The van der Waals surface area contributed by atoms with Crippen molar-refractivity contribution in [1.29, 1.82) is 0 Å². The second-order valence-corrected chi connectivity index (χ2v) is 5.07. The maximum atomic E-state index is 5.96. The van der Waals surface area contributed by atoms with Crippen LogP contribution in [0.1, 0.15) is 22.3 Å². The summed E-state index contributed by atoms with van der Waals surface area (Å²) in [7, 11) is 1.64. The molecule has 3 heteroatoms. The minimum Gasteiger partial charge on any atom is -0.493 e. The first-order valence-corrected chi connectivity index (χ1v) is 7.10. The molecule has 2 aromatic carbocycles. The van der Waals surface area contributed by atoms with E-state index in [4.69, 9.17) is 21.1 Å². The minimum absolute atomic E-state index is 0.402. The smallest absolute Gasteiger partial charge is 0.166 e. The lowest BCUT2D eigenvalue weighted by Gasteiger charge is -2.15. The fourth-order valence-electron chi connectivity index (χ4n) is 2.10. The van der Waals surface area contributed by atoms with Crippen molar-refractivity contribution >= 4 is 11.6 Å². The third-order valence-corrected chi connectivity index (χ3v) is 3.59. The number of methoxy groups -OCH3 is 1. The van der Waals surface area contributed by atoms with Crippen molar-refractivity contribution in [2.45, 2.75) is 26.3 Å². The highest BCUT2D eigenvalue weighted by Gasteiger charge is 2.10. The molecular weight excluding hydrogens is 272 g/mol. The van der Waals surface area contributed by atoms with Crippen LogP contribution >= 0.6 is 11.6 Å². The second kappa shape index (κ2) is 6.67. The first kappa shape index (κ1) is 14.7. The normalized spacial score (nSPS) is 10.4. The van der Waals surface area contributed by atoms with E-state index in [1.165, 1.54) is 16.7 Å². The van der Waals surface area contributed by atoms with Crippen molar-refractivity contribution in [1.82, 2.24) is 0 Å². The fraction of sp³-hybridized carbons (Fsp3) is 0.294. The van der Waals surface area contributed by atoms with Crippen molar-refractivity contribution in [3.63, 3.8) is 0 Å². The number of ether oxygens (including phenoxy) is 2. The molecule has 0 heterocycles. The van der Waals surface area contributed by atoms with Gasteiger partial charge in [-0.25, -0.2) is 0 Å². The van der Waals surface area contributed by atoms with E-state index in [2.05, 4.69) is 32.0 Å². The second-order valence-electron chi connectivity index (χ2n) is 4.80. The molecule has 0 fully saturated rings. The van der Waals surface area contributed by atoms with Crippen molar-refractivity contribution in [2.75, 3.05) is 7.11 Å². The molecule has 2 aromatic rings. The zero-order valence-electron chi connectivity index (χ0n) is 12.1. The Morgan fingerprint density at radius 2 is 1.85 bits per heavy atom. The van der Waals surface area contributed by atoms with E-state index in [0.29, 0.717) is 18.2 Å². The van der Waals surface area contributed by atoms with Crippen LogP contribution in [0.3, 0.4) is 0 Å². The summed E-state index contributed by atoms with van der Waals surface area (Å²) in [6, 6.07) is 12.1. The van der Waals surface area contributed by atoms with Crippen LogP contribution in [0.15, 0.2) is 36.4 Å². The zero-order chi connectivity index (χ0) is 14.5. The molecule has 2 rings (SSSR count). The molecular formula is C17H19ClO2. The fourth-order valence-corrected chi connectivity index (χ4v) is 2.31. The quantitative estimate of drug-likeness (QED) is 0.748. The molecule has 0 radical (unpaired) electrons. The highest BCUT2D eigenvalue weighted by atomic mass is 35.5. The van der Waals surface area contributed by atoms with E-state index < -0.39 is 0 Å². The molecule has 0 aromatic heterocycles. The topological polar surface area (TPSA) is 18.5 Å². The molecule has 0 aliphatic rings. The van der Waals surface area contributed by atoms with E-state index in [0.717, 1.165) is 11.3 Å². The standard InChI is InChI=1S/C17H19ClO2/c1-12-7-8-13(2)15(9-12)11-20-17-14(10-18)5-4-6-16(17)19-3/h4-9H,10-11H2,1-3H3. The molecule has 2 nitrogen and oxygen atoms in total. The van der Waals surface area contributed by atoms with Gasteiger partial charge in [0.1, 0.15) is 6.61 Å². The molecule has 106 valence electrons. The van der Waals surface area contributed by atoms with Crippen LogP contribution < -0.4 is 9.47 Å². The molecule has 0 unspecified atom stereocenters. The third kappa shape index (κ3) is 3.26. The number of benzene rings is 2. The number of rotatable bonds is 5. The lowest BCUT2D eigenvalue weighted by Crippen LogP contribution is -2.02. The Labute approximate surface area is 125 Å². The monoisotopic (exact) mass is 290 g/mol. The molecule has 0 atom stereocenters. The van der Waals surface area contributed by atoms with Crippen molar-refractivity contribution in [3.8, 4) is 11.5 Å². The Morgan fingerprint density at radius 3 is 2.55 bits per heavy atom. The molecule has 20 heavy (non-hydrogen) atoms. The highest BCUT2D eigenvalue weighted by molar-refractivity contribution is 6.17. The van der Waals surface area contributed by atoms with Gasteiger partial charge in [0.2, 0.25) is 0 Å². The molecule has 0 aliphatic heterocycles. The Kier molecular flexibility index (Phi) is 4.91. The van der Waals surface area contributed by atoms with Crippen molar-refractivity contribution in [2.24, 2.45) is 0 Å². The van der Waals surface area contributed by atoms with Gasteiger partial charge < -0.3 is 9.47 Å². The zero-order valence-corrected chi connectivity index (χ0v) is 12.8. The summed E-state index contributed by atoms with van der Waals surface area (Å²) in [6.07, 6.45) is 0. The molecule has 0 spiro atoms. The number of hydrogen-bond donors (Lipinski definition) is 0. The van der Waals surface area contributed by atoms with E-state index in [-0.39, 0.29) is 0 Å². The molecule has 0 saturated carbocycles. The Morgan fingerprint density at radius 1 is 1.05 bits per heavy atom. The number of alkyl halides is 1. The van der Waals surface area contributed by atoms with Gasteiger partial charge in [-0.2, -0.15) is 0 Å². The van der Waals surface area contributed by atoms with Gasteiger partial charge in [-0.1, -0.05) is 35.9 Å². The molecule has 0 bridgehead atoms. The van der Waals surface area contributed by atoms with Crippen LogP contribution in [0.2, 0.25) is 0 Å². The largest absolute Gasteiger partial charge is 0.493 e. The Bertz CT molecular complexity index is 571. The maximum absolute atomic E-state index is 5.96. The lowest BCUT2D eigenvalue weighted by atomic mass is 10.1. The van der Waals surface area contributed by atoms with Crippen LogP contribution in [-0.2, 0) is 12.5 Å². The van der Waals surface area contributed by atoms with Gasteiger partial charge in [0.25, 0.3) is 0 Å². The van der Waals surface area contributed by atoms with Gasteiger partial charge >= 0.3 is 0 Å². The number of hydrogen-bond acceptors (Lipinski definition) is 2. The first-order valence-electron chi connectivity index (χ1n) is 6.56. The average Bonchev–Trinajstić information content (AvgIpc) is 2.47. The maximum Gasteiger partial charge on any atom is 0.166 e. The summed E-state index contributed by atoms with van der Waals surface area (Å²) in [4.78, 5) is 0. The van der Waals surface area contributed by atoms with Crippen molar-refractivity contribution < 1.29 is 9.47 Å². The van der Waals surface area contributed by atoms with E-state index in [1.807, 2.05) is 18.2 Å². The third-order valence-electron chi connectivity index (χ3n) is 3.30. The minimum atomic E-state index is 0.402. The SMILES string of the molecule is COc1cccc(CCl)c1OCc1cc(C)ccc1C. The van der Waals surface area contributed by atoms with E-state index in [1.54, 1.807) is 7.11 Å². The van der Waals surface area contributed by atoms with Gasteiger partial charge in [-0.05, 0) is 31.0 Å². The van der Waals surface area contributed by atoms with E-state index in [9.17, 15) is 0 Å². The van der Waals surface area contributed by atoms with Crippen LogP contribution in [0.25, 0.3) is 0 Å². The Hall–Kier alpha value is -1.67. The summed E-state index contributed by atoms with van der Waals surface area (Å²) < 4.78 is 11.3. The predicted molar refractivity (Wildman–Crippen MR) is 82.8 cm³/mol. The average molecular weight is 291 g/mol. The summed E-state index contributed by atoms with van der Waals surface area (Å²) in [5, 5.41) is 0. The van der Waals surface area contributed by atoms with Gasteiger partial charge in [0.05, 0.1) is 13.0 Å². The van der Waals surface area contributed by atoms with Crippen LogP contribution in [0.4, 0.5) is 0 Å². The number of para-hydroxylation sites is 1. The van der Waals surface area contributed by atoms with Crippen LogP contribution in [0, 0.1) is 13.8 Å². The number of aryl methyl sites for hydroxylation is 2. The van der Waals surface area contributed by atoms with Gasteiger partial charge in [-0.15, -0.1) is 11.6 Å². The molecule has 0 saturated heterocycles. The van der Waals surface area contributed by atoms with Gasteiger partial charge in [0, 0.05) is 5.56 Å². The highest BCUT2D eigenvalue weighted by Crippen LogP contribution is 2.33. The summed E-state index contributed by atoms with van der Waals surface area (Å²) in [6.45, 7) is 4.68. The first-order chi connectivity index (χ1) is 9.65. The summed E-state index contributed by atoms with van der Waals surface area (Å²) in [5.41, 5.74) is 4.57. The van der Waals surface area contributed by atoms with Gasteiger partial charge in [0.15, 0.2) is 11.5 Å². The lowest BCUT2D eigenvalue weighted by molar-refractivity contribution is 0.281. The molecule has 0 aliphatic carbocycles. The summed E-state index contributed by atoms with van der Waals surface area (Å²) >= 11 is 5.96. The Balaban J connectivity index is 2.24. The predicted octanol–water partition coefficient (Wildman–Crippen LogP) is 4.63. The number of halogens is 1. The van der Waals surface area contributed by atoms with Crippen molar-refractivity contribution in [3.05, 3.63) is 58.7 Å². The molecule has 0 N–H and O–H groups in total.